The first kappa shape index (κ1) is 10.7. The van der Waals surface area contributed by atoms with Crippen LogP contribution in [0, 0.1) is 12.7 Å². The maximum Gasteiger partial charge on any atom is 0.338 e. The molecule has 0 unspecified atom stereocenters. The highest BCUT2D eigenvalue weighted by Crippen LogP contribution is 2.16. The molecule has 0 aliphatic carbocycles. The van der Waals surface area contributed by atoms with Gasteiger partial charge >= 0.3 is 5.97 Å². The zero-order valence-electron chi connectivity index (χ0n) is 8.00. The molecule has 1 aromatic rings. The number of hydrogen-bond acceptors (Lipinski definition) is 3. The van der Waals surface area contributed by atoms with E-state index in [1.54, 1.807) is 0 Å². The second-order valence-corrected chi connectivity index (χ2v) is 2.90. The molecule has 3 nitrogen and oxygen atoms in total. The Kier molecular flexibility index (Phi) is 3.19. The monoisotopic (exact) mass is 198 g/mol. The van der Waals surface area contributed by atoms with Gasteiger partial charge in [-0.15, -0.1) is 0 Å². The molecule has 0 saturated heterocycles. The van der Waals surface area contributed by atoms with E-state index in [0.717, 1.165) is 0 Å². The predicted octanol–water partition coefficient (Wildman–Crippen LogP) is 1.41. The minimum absolute atomic E-state index is 0.150. The Morgan fingerprint density at radius 1 is 1.57 bits per heavy atom. The zero-order valence-corrected chi connectivity index (χ0v) is 8.00. The zero-order chi connectivity index (χ0) is 10.7. The number of hydrogen-bond donors (Lipinski definition) is 1. The van der Waals surface area contributed by atoms with Crippen molar-refractivity contribution in [2.75, 3.05) is 7.11 Å². The summed E-state index contributed by atoms with van der Waals surface area (Å²) >= 11 is 0. The van der Waals surface area contributed by atoms with E-state index in [1.165, 1.54) is 26.2 Å². The maximum atomic E-state index is 13.2. The second kappa shape index (κ2) is 4.19. The lowest BCUT2D eigenvalue weighted by Crippen LogP contribution is -2.06. The first-order chi connectivity index (χ1) is 6.60. The molecule has 0 fully saturated rings. The van der Waals surface area contributed by atoms with Crippen molar-refractivity contribution < 1.29 is 19.0 Å². The van der Waals surface area contributed by atoms with Crippen molar-refractivity contribution in [2.24, 2.45) is 0 Å². The summed E-state index contributed by atoms with van der Waals surface area (Å²) in [5, 5.41) is 8.81. The molecule has 0 radical (unpaired) electrons. The van der Waals surface area contributed by atoms with Gasteiger partial charge in [-0.3, -0.25) is 0 Å². The Balaban J connectivity index is 3.27. The van der Waals surface area contributed by atoms with E-state index < -0.39 is 11.8 Å². The molecule has 76 valence electrons. The second-order valence-electron chi connectivity index (χ2n) is 2.90. The standard InChI is InChI=1S/C10H11FO3/c1-6-8(10(13)14-2)3-7(5-12)4-9(6)11/h3-4,12H,5H2,1-2H3. The lowest BCUT2D eigenvalue weighted by molar-refractivity contribution is 0.0599. The summed E-state index contributed by atoms with van der Waals surface area (Å²) in [6.07, 6.45) is 0. The van der Waals surface area contributed by atoms with E-state index >= 15 is 0 Å². The molecule has 0 aliphatic heterocycles. The smallest absolute Gasteiger partial charge is 0.338 e. The fourth-order valence-electron chi connectivity index (χ4n) is 1.15. The molecule has 1 aromatic carbocycles. The van der Waals surface area contributed by atoms with Crippen LogP contribution in [0.5, 0.6) is 0 Å². The summed E-state index contributed by atoms with van der Waals surface area (Å²) in [5.74, 6) is -1.12. The molecule has 0 heterocycles. The Morgan fingerprint density at radius 2 is 2.21 bits per heavy atom. The minimum Gasteiger partial charge on any atom is -0.465 e. The number of aliphatic hydroxyl groups is 1. The highest BCUT2D eigenvalue weighted by atomic mass is 19.1. The molecule has 4 heteroatoms. The predicted molar refractivity (Wildman–Crippen MR) is 48.4 cm³/mol. The SMILES string of the molecule is COC(=O)c1cc(CO)cc(F)c1C. The quantitative estimate of drug-likeness (QED) is 0.731. The largest absolute Gasteiger partial charge is 0.465 e. The van der Waals surface area contributed by atoms with Crippen LogP contribution in [0.1, 0.15) is 21.5 Å². The van der Waals surface area contributed by atoms with Crippen LogP contribution in [0.25, 0.3) is 0 Å². The van der Waals surface area contributed by atoms with Crippen molar-refractivity contribution in [2.45, 2.75) is 13.5 Å². The van der Waals surface area contributed by atoms with Crippen LogP contribution in [0.4, 0.5) is 4.39 Å². The minimum atomic E-state index is -0.600. The van der Waals surface area contributed by atoms with Gasteiger partial charge in [-0.2, -0.15) is 0 Å². The number of methoxy groups -OCH3 is 1. The molecule has 0 amide bonds. The van der Waals surface area contributed by atoms with Crippen molar-refractivity contribution in [3.05, 3.63) is 34.6 Å². The molecule has 0 spiro atoms. The number of benzene rings is 1. The molecule has 0 saturated carbocycles. The van der Waals surface area contributed by atoms with Crippen LogP contribution in [0.15, 0.2) is 12.1 Å². The van der Waals surface area contributed by atoms with Gasteiger partial charge < -0.3 is 9.84 Å². The third-order valence-corrected chi connectivity index (χ3v) is 1.99. The van der Waals surface area contributed by atoms with Crippen molar-refractivity contribution in [3.63, 3.8) is 0 Å². The summed E-state index contributed by atoms with van der Waals surface area (Å²) in [6, 6.07) is 2.62. The number of carbonyl (C=O) groups is 1. The third kappa shape index (κ3) is 1.90. The van der Waals surface area contributed by atoms with Crippen molar-refractivity contribution in [1.29, 1.82) is 0 Å². The molecule has 0 aromatic heterocycles. The molecule has 1 rings (SSSR count). The highest BCUT2D eigenvalue weighted by molar-refractivity contribution is 5.91. The molecule has 0 bridgehead atoms. The number of ether oxygens (including phenoxy) is 1. The Bertz CT molecular complexity index is 361. The average molecular weight is 198 g/mol. The van der Waals surface area contributed by atoms with Crippen LogP contribution in [0.2, 0.25) is 0 Å². The van der Waals surface area contributed by atoms with Crippen molar-refractivity contribution in [3.8, 4) is 0 Å². The normalized spacial score (nSPS) is 10.0. The Morgan fingerprint density at radius 3 is 2.71 bits per heavy atom. The summed E-state index contributed by atoms with van der Waals surface area (Å²) in [4.78, 5) is 11.2. The summed E-state index contributed by atoms with van der Waals surface area (Å²) < 4.78 is 17.7. The van der Waals surface area contributed by atoms with Crippen LogP contribution in [0.3, 0.4) is 0 Å². The number of esters is 1. The third-order valence-electron chi connectivity index (χ3n) is 1.99. The Labute approximate surface area is 81.1 Å². The first-order valence-electron chi connectivity index (χ1n) is 4.08. The summed E-state index contributed by atoms with van der Waals surface area (Å²) in [5.41, 5.74) is 0.735. The van der Waals surface area contributed by atoms with Gasteiger partial charge in [0.15, 0.2) is 0 Å². The number of aliphatic hydroxyl groups excluding tert-OH is 1. The summed E-state index contributed by atoms with van der Waals surface area (Å²) in [7, 11) is 1.23. The lowest BCUT2D eigenvalue weighted by Gasteiger charge is -2.06. The number of halogens is 1. The number of carbonyl (C=O) groups excluding carboxylic acids is 1. The fourth-order valence-corrected chi connectivity index (χ4v) is 1.15. The molecular formula is C10H11FO3. The molecule has 0 aliphatic rings. The first-order valence-corrected chi connectivity index (χ1v) is 4.08. The van der Waals surface area contributed by atoms with Gasteiger partial charge in [-0.05, 0) is 30.2 Å². The Hall–Kier alpha value is -1.42. The van der Waals surface area contributed by atoms with Crippen molar-refractivity contribution in [1.82, 2.24) is 0 Å². The van der Waals surface area contributed by atoms with Crippen LogP contribution in [-0.2, 0) is 11.3 Å². The maximum absolute atomic E-state index is 13.2. The number of rotatable bonds is 2. The van der Waals surface area contributed by atoms with E-state index in [2.05, 4.69) is 4.74 Å². The van der Waals surface area contributed by atoms with Crippen LogP contribution >= 0.6 is 0 Å². The molecule has 14 heavy (non-hydrogen) atoms. The molecule has 0 atom stereocenters. The van der Waals surface area contributed by atoms with Crippen molar-refractivity contribution >= 4 is 5.97 Å². The van der Waals surface area contributed by atoms with Crippen LogP contribution in [-0.4, -0.2) is 18.2 Å². The topological polar surface area (TPSA) is 46.5 Å². The highest BCUT2D eigenvalue weighted by Gasteiger charge is 2.13. The van der Waals surface area contributed by atoms with Gasteiger partial charge in [0.1, 0.15) is 5.82 Å². The van der Waals surface area contributed by atoms with E-state index in [1.807, 2.05) is 0 Å². The fraction of sp³-hybridized carbons (Fsp3) is 0.300. The lowest BCUT2D eigenvalue weighted by atomic mass is 10.0. The molecular weight excluding hydrogens is 187 g/mol. The summed E-state index contributed by atoms with van der Waals surface area (Å²) in [6.45, 7) is 1.18. The average Bonchev–Trinajstić information content (AvgIpc) is 2.20. The van der Waals surface area contributed by atoms with Gasteiger partial charge in [0.2, 0.25) is 0 Å². The van der Waals surface area contributed by atoms with Gasteiger partial charge in [0.25, 0.3) is 0 Å². The van der Waals surface area contributed by atoms with Crippen LogP contribution < -0.4 is 0 Å². The van der Waals surface area contributed by atoms with E-state index in [-0.39, 0.29) is 17.7 Å². The van der Waals surface area contributed by atoms with E-state index in [0.29, 0.717) is 5.56 Å². The van der Waals surface area contributed by atoms with Gasteiger partial charge in [-0.25, -0.2) is 9.18 Å². The van der Waals surface area contributed by atoms with E-state index in [4.69, 9.17) is 5.11 Å². The van der Waals surface area contributed by atoms with Gasteiger partial charge in [-0.1, -0.05) is 0 Å². The molecule has 1 N–H and O–H groups in total. The van der Waals surface area contributed by atoms with Gasteiger partial charge in [0.05, 0.1) is 19.3 Å². The van der Waals surface area contributed by atoms with E-state index in [9.17, 15) is 9.18 Å². The van der Waals surface area contributed by atoms with Gasteiger partial charge in [0, 0.05) is 0 Å².